The summed E-state index contributed by atoms with van der Waals surface area (Å²) in [5.74, 6) is 0. The highest BCUT2D eigenvalue weighted by Crippen LogP contribution is 2.23. The summed E-state index contributed by atoms with van der Waals surface area (Å²) < 4.78 is 28.1. The highest BCUT2D eigenvalue weighted by atomic mass is 32.2. The monoisotopic (exact) mass is 249 g/mol. The molecule has 5 nitrogen and oxygen atoms in total. The quantitative estimate of drug-likeness (QED) is 0.687. The van der Waals surface area contributed by atoms with Gasteiger partial charge in [-0.2, -0.15) is 12.7 Å². The van der Waals surface area contributed by atoms with Gasteiger partial charge in [-0.1, -0.05) is 6.92 Å². The Morgan fingerprint density at radius 3 is 2.88 bits per heavy atom. The SMILES string of the molecule is CCCNS(=O)(=O)N1CCCC1CCCN. The number of hydrogen-bond donors (Lipinski definition) is 2. The molecule has 96 valence electrons. The van der Waals surface area contributed by atoms with Crippen molar-refractivity contribution in [3.05, 3.63) is 0 Å². The average Bonchev–Trinajstić information content (AvgIpc) is 2.72. The highest BCUT2D eigenvalue weighted by Gasteiger charge is 2.32. The van der Waals surface area contributed by atoms with Gasteiger partial charge in [0.05, 0.1) is 0 Å². The van der Waals surface area contributed by atoms with Crippen molar-refractivity contribution in [3.8, 4) is 0 Å². The molecule has 1 heterocycles. The van der Waals surface area contributed by atoms with Gasteiger partial charge in [-0.3, -0.25) is 0 Å². The Balaban J connectivity index is 2.55. The van der Waals surface area contributed by atoms with Crippen LogP contribution < -0.4 is 10.5 Å². The normalized spacial score (nSPS) is 22.8. The van der Waals surface area contributed by atoms with Crippen LogP contribution >= 0.6 is 0 Å². The first-order valence-electron chi connectivity index (χ1n) is 6.08. The van der Waals surface area contributed by atoms with Gasteiger partial charge in [-0.15, -0.1) is 0 Å². The molecule has 1 aliphatic heterocycles. The third-order valence-electron chi connectivity index (χ3n) is 2.91. The average molecular weight is 249 g/mol. The highest BCUT2D eigenvalue weighted by molar-refractivity contribution is 7.87. The molecule has 0 aromatic rings. The van der Waals surface area contributed by atoms with Gasteiger partial charge in [0, 0.05) is 19.1 Å². The minimum absolute atomic E-state index is 0.151. The van der Waals surface area contributed by atoms with Crippen LogP contribution in [0.3, 0.4) is 0 Å². The van der Waals surface area contributed by atoms with Gasteiger partial charge in [-0.25, -0.2) is 4.72 Å². The van der Waals surface area contributed by atoms with Crippen molar-refractivity contribution in [2.24, 2.45) is 5.73 Å². The molecule has 0 amide bonds. The van der Waals surface area contributed by atoms with Crippen molar-refractivity contribution in [2.75, 3.05) is 19.6 Å². The van der Waals surface area contributed by atoms with Crippen molar-refractivity contribution in [3.63, 3.8) is 0 Å². The molecule has 6 heteroatoms. The fourth-order valence-electron chi connectivity index (χ4n) is 2.08. The summed E-state index contributed by atoms with van der Waals surface area (Å²) in [4.78, 5) is 0. The van der Waals surface area contributed by atoms with Crippen LogP contribution in [0.5, 0.6) is 0 Å². The molecular formula is C10H23N3O2S. The van der Waals surface area contributed by atoms with E-state index in [2.05, 4.69) is 4.72 Å². The fraction of sp³-hybridized carbons (Fsp3) is 1.00. The standard InChI is InChI=1S/C10H23N3O2S/c1-2-8-12-16(14,15)13-9-4-6-10(13)5-3-7-11/h10,12H,2-9,11H2,1H3. The first-order chi connectivity index (χ1) is 7.61. The molecule has 0 aromatic carbocycles. The molecule has 1 aliphatic rings. The molecule has 3 N–H and O–H groups in total. The lowest BCUT2D eigenvalue weighted by molar-refractivity contribution is 0.360. The van der Waals surface area contributed by atoms with Crippen LogP contribution in [0.15, 0.2) is 0 Å². The predicted molar refractivity (Wildman–Crippen MR) is 65.2 cm³/mol. The molecule has 0 spiro atoms. The summed E-state index contributed by atoms with van der Waals surface area (Å²) in [5.41, 5.74) is 5.46. The largest absolute Gasteiger partial charge is 0.330 e. The van der Waals surface area contributed by atoms with Crippen molar-refractivity contribution in [2.45, 2.75) is 45.1 Å². The van der Waals surface area contributed by atoms with Crippen LogP contribution in [0.25, 0.3) is 0 Å². The second kappa shape index (κ2) is 6.54. The van der Waals surface area contributed by atoms with Crippen LogP contribution in [-0.4, -0.2) is 38.4 Å². The molecule has 0 aliphatic carbocycles. The number of nitrogens with zero attached hydrogens (tertiary/aromatic N) is 1. The van der Waals surface area contributed by atoms with Gasteiger partial charge in [0.2, 0.25) is 0 Å². The lowest BCUT2D eigenvalue weighted by atomic mass is 10.1. The third-order valence-corrected chi connectivity index (χ3v) is 4.57. The first kappa shape index (κ1) is 13.9. The third kappa shape index (κ3) is 3.69. The van der Waals surface area contributed by atoms with Crippen molar-refractivity contribution >= 4 is 10.2 Å². The van der Waals surface area contributed by atoms with Crippen LogP contribution in [0.2, 0.25) is 0 Å². The zero-order chi connectivity index (χ0) is 12.0. The predicted octanol–water partition coefficient (Wildman–Crippen LogP) is 0.434. The second-order valence-electron chi connectivity index (χ2n) is 4.24. The summed E-state index contributed by atoms with van der Waals surface area (Å²) in [5, 5.41) is 0. The molecule has 16 heavy (non-hydrogen) atoms. The van der Waals surface area contributed by atoms with Crippen molar-refractivity contribution in [1.82, 2.24) is 9.03 Å². The topological polar surface area (TPSA) is 75.4 Å². The van der Waals surface area contributed by atoms with E-state index in [1.807, 2.05) is 6.92 Å². The van der Waals surface area contributed by atoms with E-state index in [4.69, 9.17) is 5.73 Å². The van der Waals surface area contributed by atoms with Gasteiger partial charge < -0.3 is 5.73 Å². The minimum Gasteiger partial charge on any atom is -0.330 e. The van der Waals surface area contributed by atoms with Crippen LogP contribution in [0.4, 0.5) is 0 Å². The minimum atomic E-state index is -3.26. The summed E-state index contributed by atoms with van der Waals surface area (Å²) in [6.07, 6.45) is 4.52. The maximum absolute atomic E-state index is 11.9. The van der Waals surface area contributed by atoms with Gasteiger partial charge in [0.15, 0.2) is 0 Å². The molecule has 0 aromatic heterocycles. The maximum Gasteiger partial charge on any atom is 0.279 e. The zero-order valence-electron chi connectivity index (χ0n) is 9.98. The van der Waals surface area contributed by atoms with Crippen LogP contribution in [-0.2, 0) is 10.2 Å². The Hall–Kier alpha value is -0.170. The zero-order valence-corrected chi connectivity index (χ0v) is 10.8. The number of nitrogens with two attached hydrogens (primary N) is 1. The lowest BCUT2D eigenvalue weighted by Crippen LogP contribution is -2.43. The molecule has 1 atom stereocenters. The van der Waals surface area contributed by atoms with E-state index >= 15 is 0 Å². The molecular weight excluding hydrogens is 226 g/mol. The van der Waals surface area contributed by atoms with Gasteiger partial charge in [0.25, 0.3) is 10.2 Å². The Labute approximate surface area is 98.6 Å². The van der Waals surface area contributed by atoms with E-state index in [1.165, 1.54) is 0 Å². The Morgan fingerprint density at radius 2 is 2.25 bits per heavy atom. The number of hydrogen-bond acceptors (Lipinski definition) is 3. The first-order valence-corrected chi connectivity index (χ1v) is 7.52. The number of nitrogens with one attached hydrogen (secondary N) is 1. The molecule has 0 bridgehead atoms. The van der Waals surface area contributed by atoms with E-state index in [9.17, 15) is 8.42 Å². The summed E-state index contributed by atoms with van der Waals surface area (Å²) >= 11 is 0. The smallest absolute Gasteiger partial charge is 0.279 e. The molecule has 0 saturated carbocycles. The van der Waals surface area contributed by atoms with E-state index < -0.39 is 10.2 Å². The Kier molecular flexibility index (Phi) is 5.68. The van der Waals surface area contributed by atoms with Crippen molar-refractivity contribution in [1.29, 1.82) is 0 Å². The molecule has 0 radical (unpaired) electrons. The fourth-order valence-corrected chi connectivity index (χ4v) is 3.68. The van der Waals surface area contributed by atoms with Crippen molar-refractivity contribution < 1.29 is 8.42 Å². The molecule has 1 fully saturated rings. The van der Waals surface area contributed by atoms with Crippen LogP contribution in [0, 0.1) is 0 Å². The van der Waals surface area contributed by atoms with E-state index in [0.29, 0.717) is 19.6 Å². The summed E-state index contributed by atoms with van der Waals surface area (Å²) in [6.45, 7) is 3.75. The number of rotatable bonds is 7. The molecule has 1 rings (SSSR count). The van der Waals surface area contributed by atoms with E-state index in [0.717, 1.165) is 32.1 Å². The van der Waals surface area contributed by atoms with E-state index in [1.54, 1.807) is 4.31 Å². The van der Waals surface area contributed by atoms with Crippen LogP contribution in [0.1, 0.15) is 39.0 Å². The maximum atomic E-state index is 11.9. The Bertz CT molecular complexity index is 292. The Morgan fingerprint density at radius 1 is 1.50 bits per heavy atom. The molecule has 1 unspecified atom stereocenters. The van der Waals surface area contributed by atoms with E-state index in [-0.39, 0.29) is 6.04 Å². The van der Waals surface area contributed by atoms with Gasteiger partial charge >= 0.3 is 0 Å². The van der Waals surface area contributed by atoms with Gasteiger partial charge in [-0.05, 0) is 38.6 Å². The molecule has 1 saturated heterocycles. The lowest BCUT2D eigenvalue weighted by Gasteiger charge is -2.24. The van der Waals surface area contributed by atoms with Gasteiger partial charge in [0.1, 0.15) is 0 Å². The second-order valence-corrected chi connectivity index (χ2v) is 5.94. The summed E-state index contributed by atoms with van der Waals surface area (Å²) in [6, 6.07) is 0.151. The summed E-state index contributed by atoms with van der Waals surface area (Å²) in [7, 11) is -3.26.